The molecule has 2 unspecified atom stereocenters. The summed E-state index contributed by atoms with van der Waals surface area (Å²) >= 11 is 1.76. The van der Waals surface area contributed by atoms with E-state index in [4.69, 9.17) is 0 Å². The van der Waals surface area contributed by atoms with Crippen LogP contribution in [-0.4, -0.2) is 39.5 Å². The highest BCUT2D eigenvalue weighted by molar-refractivity contribution is 8.04. The van der Waals surface area contributed by atoms with Gasteiger partial charge in [0.1, 0.15) is 0 Å². The third-order valence-corrected chi connectivity index (χ3v) is 9.94. The van der Waals surface area contributed by atoms with Crippen LogP contribution in [0.3, 0.4) is 0 Å². The predicted octanol–water partition coefficient (Wildman–Crippen LogP) is 6.93. The standard InChI is InChI=1S/C34H36N2O2S/c1-23-11-12-24(2)29(19-23)22-36-30-9-5-6-10-31(30)39-32(34(36)38)20-25-13-15-27(16-14-25)33(37)35-18-17-26-7-3-4-8-28(26)21-35/h3-4,7-8,11-16,19-20,30-31H,5-6,9-10,17-18,21-22H2,1-2H3/b32-20-. The van der Waals surface area contributed by atoms with Crippen molar-refractivity contribution in [2.75, 3.05) is 6.54 Å². The molecule has 200 valence electrons. The van der Waals surface area contributed by atoms with Gasteiger partial charge in [-0.3, -0.25) is 9.59 Å². The first kappa shape index (κ1) is 25.9. The van der Waals surface area contributed by atoms with E-state index in [1.165, 1.54) is 40.7 Å². The molecule has 3 aliphatic rings. The van der Waals surface area contributed by atoms with E-state index < -0.39 is 0 Å². The molecule has 2 aliphatic heterocycles. The topological polar surface area (TPSA) is 40.6 Å². The van der Waals surface area contributed by atoms with Gasteiger partial charge in [0, 0.05) is 36.5 Å². The third-order valence-electron chi connectivity index (χ3n) is 8.54. The average Bonchev–Trinajstić information content (AvgIpc) is 2.96. The number of carbonyl (C=O) groups excluding carboxylic acids is 2. The monoisotopic (exact) mass is 536 g/mol. The molecular weight excluding hydrogens is 500 g/mol. The number of benzene rings is 3. The summed E-state index contributed by atoms with van der Waals surface area (Å²) in [4.78, 5) is 32.0. The van der Waals surface area contributed by atoms with Crippen LogP contribution in [0.15, 0.2) is 71.6 Å². The number of fused-ring (bicyclic) bond motifs is 2. The number of thioether (sulfide) groups is 1. The largest absolute Gasteiger partial charge is 0.334 e. The zero-order valence-electron chi connectivity index (χ0n) is 22.9. The van der Waals surface area contributed by atoms with Crippen molar-refractivity contribution < 1.29 is 9.59 Å². The second kappa shape index (κ2) is 11.1. The molecule has 3 aromatic rings. The van der Waals surface area contributed by atoms with Gasteiger partial charge in [-0.2, -0.15) is 0 Å². The molecule has 1 aliphatic carbocycles. The highest BCUT2D eigenvalue weighted by Crippen LogP contribution is 2.43. The van der Waals surface area contributed by atoms with Crippen molar-refractivity contribution in [1.82, 2.24) is 9.80 Å². The zero-order chi connectivity index (χ0) is 26.9. The summed E-state index contributed by atoms with van der Waals surface area (Å²) in [7, 11) is 0. The van der Waals surface area contributed by atoms with Crippen molar-refractivity contribution in [3.8, 4) is 0 Å². The number of hydrogen-bond acceptors (Lipinski definition) is 3. The Hall–Kier alpha value is -3.31. The van der Waals surface area contributed by atoms with Crippen LogP contribution in [0.25, 0.3) is 6.08 Å². The Balaban J connectivity index is 1.21. The van der Waals surface area contributed by atoms with E-state index in [-0.39, 0.29) is 11.8 Å². The van der Waals surface area contributed by atoms with Crippen molar-refractivity contribution in [3.05, 3.63) is 111 Å². The first-order chi connectivity index (χ1) is 19.0. The van der Waals surface area contributed by atoms with Gasteiger partial charge in [0.05, 0.1) is 4.91 Å². The molecular formula is C34H36N2O2S. The predicted molar refractivity (Wildman–Crippen MR) is 159 cm³/mol. The fourth-order valence-corrected chi connectivity index (χ4v) is 7.71. The van der Waals surface area contributed by atoms with Gasteiger partial charge in [0.25, 0.3) is 11.8 Å². The van der Waals surface area contributed by atoms with Crippen molar-refractivity contribution >= 4 is 29.7 Å². The van der Waals surface area contributed by atoms with Gasteiger partial charge < -0.3 is 9.80 Å². The van der Waals surface area contributed by atoms with Crippen LogP contribution in [-0.2, 0) is 24.3 Å². The fraction of sp³-hybridized carbons (Fsp3) is 0.353. The number of amides is 2. The molecule has 6 rings (SSSR count). The minimum Gasteiger partial charge on any atom is -0.334 e. The van der Waals surface area contributed by atoms with Crippen LogP contribution >= 0.6 is 11.8 Å². The lowest BCUT2D eigenvalue weighted by atomic mass is 9.92. The van der Waals surface area contributed by atoms with Gasteiger partial charge in [-0.1, -0.05) is 73.0 Å². The Morgan fingerprint density at radius 2 is 1.74 bits per heavy atom. The third kappa shape index (κ3) is 5.42. The van der Waals surface area contributed by atoms with E-state index in [1.807, 2.05) is 41.3 Å². The molecule has 2 amide bonds. The van der Waals surface area contributed by atoms with E-state index >= 15 is 0 Å². The highest BCUT2D eigenvalue weighted by atomic mass is 32.2. The zero-order valence-corrected chi connectivity index (χ0v) is 23.7. The molecule has 2 atom stereocenters. The number of nitrogens with zero attached hydrogens (tertiary/aromatic N) is 2. The number of aryl methyl sites for hydroxylation is 2. The van der Waals surface area contributed by atoms with Crippen molar-refractivity contribution in [1.29, 1.82) is 0 Å². The fourth-order valence-electron chi connectivity index (χ4n) is 6.24. The Kier molecular flexibility index (Phi) is 7.35. The lowest BCUT2D eigenvalue weighted by Gasteiger charge is -2.44. The van der Waals surface area contributed by atoms with E-state index in [2.05, 4.69) is 55.1 Å². The summed E-state index contributed by atoms with van der Waals surface area (Å²) in [5.74, 6) is 0.202. The van der Waals surface area contributed by atoms with Crippen LogP contribution in [0.1, 0.15) is 69.4 Å². The molecule has 3 aromatic carbocycles. The van der Waals surface area contributed by atoms with Crippen molar-refractivity contribution in [2.24, 2.45) is 0 Å². The van der Waals surface area contributed by atoms with Gasteiger partial charge in [0.2, 0.25) is 0 Å². The quantitative estimate of drug-likeness (QED) is 0.340. The van der Waals surface area contributed by atoms with E-state index in [9.17, 15) is 9.59 Å². The molecule has 0 spiro atoms. The minimum atomic E-state index is 0.0663. The Morgan fingerprint density at radius 1 is 0.974 bits per heavy atom. The molecule has 2 heterocycles. The van der Waals surface area contributed by atoms with Crippen LogP contribution in [0.4, 0.5) is 0 Å². The van der Waals surface area contributed by atoms with Gasteiger partial charge in [-0.05, 0) is 79.1 Å². The highest BCUT2D eigenvalue weighted by Gasteiger charge is 2.40. The molecule has 0 N–H and O–H groups in total. The Labute approximate surface area is 236 Å². The van der Waals surface area contributed by atoms with Crippen LogP contribution in [0, 0.1) is 13.8 Å². The molecule has 4 nitrogen and oxygen atoms in total. The van der Waals surface area contributed by atoms with Gasteiger partial charge in [-0.25, -0.2) is 0 Å². The number of carbonyl (C=O) groups is 2. The number of hydrogen-bond donors (Lipinski definition) is 0. The maximum atomic E-state index is 13.8. The summed E-state index contributed by atoms with van der Waals surface area (Å²) in [6, 6.07) is 23.0. The van der Waals surface area contributed by atoms with E-state index in [0.29, 0.717) is 29.9 Å². The molecule has 39 heavy (non-hydrogen) atoms. The molecule has 5 heteroatoms. The lowest BCUT2D eigenvalue weighted by Crippen LogP contribution is -2.50. The van der Waals surface area contributed by atoms with Gasteiger partial charge in [0.15, 0.2) is 0 Å². The van der Waals surface area contributed by atoms with E-state index in [0.717, 1.165) is 36.3 Å². The van der Waals surface area contributed by atoms with Gasteiger partial charge >= 0.3 is 0 Å². The Bertz CT molecular complexity index is 1430. The van der Waals surface area contributed by atoms with Crippen molar-refractivity contribution in [3.63, 3.8) is 0 Å². The second-order valence-corrected chi connectivity index (χ2v) is 12.5. The molecule has 0 aromatic heterocycles. The lowest BCUT2D eigenvalue weighted by molar-refractivity contribution is -0.130. The average molecular weight is 537 g/mol. The first-order valence-corrected chi connectivity index (χ1v) is 15.1. The summed E-state index contributed by atoms with van der Waals surface area (Å²) < 4.78 is 0. The first-order valence-electron chi connectivity index (χ1n) is 14.2. The summed E-state index contributed by atoms with van der Waals surface area (Å²) in [6.07, 6.45) is 7.57. The molecule has 1 saturated heterocycles. The molecule has 2 fully saturated rings. The van der Waals surface area contributed by atoms with Crippen LogP contribution in [0.5, 0.6) is 0 Å². The van der Waals surface area contributed by atoms with E-state index in [1.54, 1.807) is 11.8 Å². The van der Waals surface area contributed by atoms with Crippen LogP contribution in [0.2, 0.25) is 0 Å². The second-order valence-electron chi connectivity index (χ2n) is 11.2. The molecule has 0 radical (unpaired) electrons. The number of rotatable bonds is 4. The normalized spacial score (nSPS) is 22.0. The smallest absolute Gasteiger partial charge is 0.260 e. The summed E-state index contributed by atoms with van der Waals surface area (Å²) in [5.41, 5.74) is 7.94. The van der Waals surface area contributed by atoms with Crippen molar-refractivity contribution in [2.45, 2.75) is 70.3 Å². The summed E-state index contributed by atoms with van der Waals surface area (Å²) in [5, 5.41) is 0.440. The van der Waals surface area contributed by atoms with Gasteiger partial charge in [-0.15, -0.1) is 11.8 Å². The van der Waals surface area contributed by atoms with Crippen LogP contribution < -0.4 is 0 Å². The minimum absolute atomic E-state index is 0.0663. The maximum Gasteiger partial charge on any atom is 0.260 e. The molecule has 1 saturated carbocycles. The maximum absolute atomic E-state index is 13.8. The Morgan fingerprint density at radius 3 is 2.56 bits per heavy atom. The molecule has 0 bridgehead atoms. The SMILES string of the molecule is Cc1ccc(C)c(CN2C(=O)/C(=C/c3ccc(C(=O)N4CCc5ccccc5C4)cc3)SC3CCCCC32)c1. The summed E-state index contributed by atoms with van der Waals surface area (Å²) in [6.45, 7) is 6.32.